The first kappa shape index (κ1) is 23.1. The Hall–Kier alpha value is -3.60. The van der Waals surface area contributed by atoms with E-state index in [-0.39, 0.29) is 17.3 Å². The summed E-state index contributed by atoms with van der Waals surface area (Å²) in [5.74, 6) is -2.09. The molecular weight excluding hydrogens is 436 g/mol. The molecule has 0 fully saturated rings. The molecule has 1 aromatic heterocycles. The molecule has 1 atom stereocenters. The number of nitrogens with zero attached hydrogens (tertiary/aromatic N) is 2. The van der Waals surface area contributed by atoms with Crippen LogP contribution < -0.4 is 10.7 Å². The van der Waals surface area contributed by atoms with Crippen LogP contribution in [-0.4, -0.2) is 35.5 Å². The number of ether oxygens (including phenoxy) is 1. The van der Waals surface area contributed by atoms with Crippen molar-refractivity contribution in [1.82, 2.24) is 5.43 Å². The van der Waals surface area contributed by atoms with Crippen LogP contribution in [0, 0.1) is 16.0 Å². The fourth-order valence-electron chi connectivity index (χ4n) is 3.35. The molecule has 1 aromatic carbocycles. The molecule has 11 heteroatoms. The number of hydrogen-bond acceptors (Lipinski definition) is 8. The number of nitrogens with one attached hydrogen (secondary N) is 2. The average Bonchev–Trinajstić information content (AvgIpc) is 3.10. The number of non-ortho nitro benzene ring substituents is 1. The zero-order valence-electron chi connectivity index (χ0n) is 17.5. The smallest absolute Gasteiger partial charge is 0.341 e. The number of carbonyl (C=O) groups excluding carboxylic acids is 3. The van der Waals surface area contributed by atoms with Crippen LogP contribution in [-0.2, 0) is 27.2 Å². The number of rotatable bonds is 6. The predicted octanol–water partition coefficient (Wildman–Crippen LogP) is 3.05. The Kier molecular flexibility index (Phi) is 7.31. The Labute approximate surface area is 187 Å². The number of fused-ring (bicyclic) bond motifs is 1. The van der Waals surface area contributed by atoms with Crippen LogP contribution in [0.5, 0.6) is 0 Å². The van der Waals surface area contributed by atoms with Crippen LogP contribution in [0.1, 0.15) is 46.6 Å². The van der Waals surface area contributed by atoms with E-state index in [1.807, 2.05) is 0 Å². The van der Waals surface area contributed by atoms with Gasteiger partial charge < -0.3 is 10.1 Å². The van der Waals surface area contributed by atoms with Gasteiger partial charge in [0.05, 0.1) is 23.3 Å². The molecule has 0 saturated heterocycles. The summed E-state index contributed by atoms with van der Waals surface area (Å²) in [5.41, 5.74) is 3.51. The second-order valence-corrected chi connectivity index (χ2v) is 8.39. The molecule has 0 unspecified atom stereocenters. The van der Waals surface area contributed by atoms with E-state index >= 15 is 0 Å². The van der Waals surface area contributed by atoms with Gasteiger partial charge in [0.15, 0.2) is 0 Å². The van der Waals surface area contributed by atoms with E-state index < -0.39 is 22.7 Å². The number of amides is 2. The summed E-state index contributed by atoms with van der Waals surface area (Å²) in [6, 6.07) is 5.64. The lowest BCUT2D eigenvalue weighted by atomic mass is 9.88. The van der Waals surface area contributed by atoms with E-state index in [0.29, 0.717) is 23.5 Å². The Morgan fingerprint density at radius 3 is 2.84 bits per heavy atom. The molecule has 32 heavy (non-hydrogen) atoms. The number of nitro benzene ring substituents is 1. The molecule has 0 bridgehead atoms. The van der Waals surface area contributed by atoms with Crippen LogP contribution in [0.25, 0.3) is 0 Å². The van der Waals surface area contributed by atoms with Crippen molar-refractivity contribution < 1.29 is 24.0 Å². The summed E-state index contributed by atoms with van der Waals surface area (Å²) >= 11 is 1.28. The summed E-state index contributed by atoms with van der Waals surface area (Å²) in [7, 11) is 0. The summed E-state index contributed by atoms with van der Waals surface area (Å²) < 4.78 is 5.15. The molecule has 0 spiro atoms. The Bertz CT molecular complexity index is 1090. The van der Waals surface area contributed by atoms with Crippen LogP contribution >= 0.6 is 11.3 Å². The van der Waals surface area contributed by atoms with Gasteiger partial charge in [-0.3, -0.25) is 19.7 Å². The van der Waals surface area contributed by atoms with Gasteiger partial charge in [-0.05, 0) is 37.7 Å². The van der Waals surface area contributed by atoms with Crippen molar-refractivity contribution in [2.24, 2.45) is 11.0 Å². The summed E-state index contributed by atoms with van der Waals surface area (Å²) in [6.07, 6.45) is 3.61. The third-order valence-electron chi connectivity index (χ3n) is 4.89. The van der Waals surface area contributed by atoms with Gasteiger partial charge in [-0.2, -0.15) is 5.10 Å². The number of esters is 1. The summed E-state index contributed by atoms with van der Waals surface area (Å²) in [5, 5.41) is 17.3. The molecule has 1 heterocycles. The molecule has 1 aliphatic rings. The molecule has 168 valence electrons. The molecule has 2 aromatic rings. The Balaban J connectivity index is 1.71. The highest BCUT2D eigenvalue weighted by Crippen LogP contribution is 2.40. The quantitative estimate of drug-likeness (QED) is 0.224. The summed E-state index contributed by atoms with van der Waals surface area (Å²) in [6.45, 7) is 4.02. The maximum Gasteiger partial charge on any atom is 0.341 e. The fourth-order valence-corrected chi connectivity index (χ4v) is 4.75. The Morgan fingerprint density at radius 1 is 1.34 bits per heavy atom. The van der Waals surface area contributed by atoms with Crippen LogP contribution in [0.2, 0.25) is 0 Å². The third kappa shape index (κ3) is 5.35. The lowest BCUT2D eigenvalue weighted by Gasteiger charge is -2.18. The van der Waals surface area contributed by atoms with Crippen molar-refractivity contribution in [2.75, 3.05) is 11.9 Å². The number of carbonyl (C=O) groups is 3. The van der Waals surface area contributed by atoms with Gasteiger partial charge in [0.1, 0.15) is 5.00 Å². The zero-order chi connectivity index (χ0) is 23.3. The van der Waals surface area contributed by atoms with Crippen LogP contribution in [0.15, 0.2) is 29.4 Å². The van der Waals surface area contributed by atoms with E-state index in [1.54, 1.807) is 13.0 Å². The fraction of sp³-hybridized carbons (Fsp3) is 0.333. The first-order valence-corrected chi connectivity index (χ1v) is 10.8. The minimum absolute atomic E-state index is 0.125. The van der Waals surface area contributed by atoms with Crippen LogP contribution in [0.4, 0.5) is 10.7 Å². The second-order valence-electron chi connectivity index (χ2n) is 7.28. The lowest BCUT2D eigenvalue weighted by molar-refractivity contribution is -0.384. The van der Waals surface area contributed by atoms with Gasteiger partial charge in [-0.15, -0.1) is 11.3 Å². The second kappa shape index (κ2) is 10.1. The topological polar surface area (TPSA) is 140 Å². The molecule has 2 N–H and O–H groups in total. The highest BCUT2D eigenvalue weighted by Gasteiger charge is 2.30. The molecule has 2 amide bonds. The number of benzene rings is 1. The normalized spacial score (nSPS) is 15.1. The van der Waals surface area contributed by atoms with E-state index in [2.05, 4.69) is 22.8 Å². The average molecular weight is 458 g/mol. The van der Waals surface area contributed by atoms with Gasteiger partial charge in [-0.25, -0.2) is 10.2 Å². The van der Waals surface area contributed by atoms with Crippen molar-refractivity contribution in [3.8, 4) is 0 Å². The lowest BCUT2D eigenvalue weighted by Crippen LogP contribution is -2.32. The maximum atomic E-state index is 12.5. The van der Waals surface area contributed by atoms with Gasteiger partial charge in [0, 0.05) is 22.6 Å². The van der Waals surface area contributed by atoms with Crippen molar-refractivity contribution >= 4 is 46.0 Å². The van der Waals surface area contributed by atoms with Crippen LogP contribution in [0.3, 0.4) is 0 Å². The van der Waals surface area contributed by atoms with Crippen molar-refractivity contribution in [3.05, 3.63) is 55.9 Å². The molecular formula is C21H22N4O6S. The van der Waals surface area contributed by atoms with Gasteiger partial charge >= 0.3 is 17.8 Å². The first-order chi connectivity index (χ1) is 15.3. The molecule has 10 nitrogen and oxygen atoms in total. The van der Waals surface area contributed by atoms with Gasteiger partial charge in [0.25, 0.3) is 5.69 Å². The summed E-state index contributed by atoms with van der Waals surface area (Å²) in [4.78, 5) is 48.3. The predicted molar refractivity (Wildman–Crippen MR) is 119 cm³/mol. The number of hydrazone groups is 1. The van der Waals surface area contributed by atoms with Crippen molar-refractivity contribution in [3.63, 3.8) is 0 Å². The SMILES string of the molecule is CCOC(=O)c1c(NC(=O)C(=O)N/N=C\c2cccc([N+](=O)[O-])c2)sc2c1CC[C@@H](C)C2. The minimum atomic E-state index is -1.04. The highest BCUT2D eigenvalue weighted by molar-refractivity contribution is 7.17. The van der Waals surface area contributed by atoms with E-state index in [1.165, 1.54) is 35.8 Å². The van der Waals surface area contributed by atoms with E-state index in [0.717, 1.165) is 23.3 Å². The zero-order valence-corrected chi connectivity index (χ0v) is 18.4. The van der Waals surface area contributed by atoms with E-state index in [9.17, 15) is 24.5 Å². The van der Waals surface area contributed by atoms with Crippen molar-refractivity contribution in [2.45, 2.75) is 33.1 Å². The number of hydrogen-bond donors (Lipinski definition) is 2. The largest absolute Gasteiger partial charge is 0.462 e. The molecule has 0 radical (unpaired) electrons. The minimum Gasteiger partial charge on any atom is -0.462 e. The number of nitro groups is 1. The highest BCUT2D eigenvalue weighted by atomic mass is 32.1. The number of anilines is 1. The molecule has 1 aliphatic carbocycles. The number of thiophene rings is 1. The standard InChI is InChI=1S/C21H22N4O6S/c1-3-31-21(28)17-15-8-7-12(2)9-16(15)32-20(17)23-18(26)19(27)24-22-11-13-5-4-6-14(10-13)25(29)30/h4-6,10-12H,3,7-9H2,1-2H3,(H,23,26)(H,24,27)/b22-11-/t12-/m1/s1. The van der Waals surface area contributed by atoms with E-state index in [4.69, 9.17) is 4.74 Å². The maximum absolute atomic E-state index is 12.5. The monoisotopic (exact) mass is 458 g/mol. The van der Waals surface area contributed by atoms with Gasteiger partial charge in [-0.1, -0.05) is 19.1 Å². The van der Waals surface area contributed by atoms with Gasteiger partial charge in [0.2, 0.25) is 0 Å². The Morgan fingerprint density at radius 2 is 2.12 bits per heavy atom. The molecule has 0 aliphatic heterocycles. The van der Waals surface area contributed by atoms with Crippen molar-refractivity contribution in [1.29, 1.82) is 0 Å². The third-order valence-corrected chi connectivity index (χ3v) is 6.06. The first-order valence-electron chi connectivity index (χ1n) is 10.0. The molecule has 3 rings (SSSR count). The molecule has 0 saturated carbocycles.